The Kier molecular flexibility index (Phi) is 7.26. The van der Waals surface area contributed by atoms with E-state index in [0.717, 1.165) is 55.0 Å². The van der Waals surface area contributed by atoms with Crippen molar-refractivity contribution in [2.75, 3.05) is 0 Å². The van der Waals surface area contributed by atoms with E-state index in [1.807, 2.05) is 12.1 Å². The number of hydrogen-bond donors (Lipinski definition) is 0. The third-order valence-electron chi connectivity index (χ3n) is 11.9. The van der Waals surface area contributed by atoms with Gasteiger partial charge in [0.1, 0.15) is 22.3 Å². The van der Waals surface area contributed by atoms with Crippen molar-refractivity contribution < 1.29 is 8.83 Å². The van der Waals surface area contributed by atoms with Gasteiger partial charge in [0, 0.05) is 21.5 Å². The van der Waals surface area contributed by atoms with Crippen LogP contribution in [0.25, 0.3) is 121 Å². The number of hydrogen-bond acceptors (Lipinski definition) is 2. The zero-order valence-corrected chi connectivity index (χ0v) is 31.4. The average molecular weight is 739 g/mol. The van der Waals surface area contributed by atoms with Gasteiger partial charge in [-0.3, -0.25) is 0 Å². The van der Waals surface area contributed by atoms with Crippen molar-refractivity contribution in [1.82, 2.24) is 0 Å². The van der Waals surface area contributed by atoms with E-state index in [9.17, 15) is 0 Å². The molecule has 0 aliphatic carbocycles. The van der Waals surface area contributed by atoms with E-state index in [4.69, 9.17) is 8.83 Å². The van der Waals surface area contributed by atoms with Crippen molar-refractivity contribution in [1.29, 1.82) is 0 Å². The Morgan fingerprint density at radius 2 is 0.569 bits per heavy atom. The topological polar surface area (TPSA) is 26.3 Å². The highest BCUT2D eigenvalue weighted by atomic mass is 16.3. The summed E-state index contributed by atoms with van der Waals surface area (Å²) in [5, 5.41) is 9.38. The first-order chi connectivity index (χ1) is 28.8. The Morgan fingerprint density at radius 1 is 0.224 bits per heavy atom. The third-order valence-corrected chi connectivity index (χ3v) is 11.9. The molecule has 0 unspecified atom stereocenters. The molecule has 10 aromatic carbocycles. The molecule has 0 saturated heterocycles. The molecule has 2 heterocycles. The first kappa shape index (κ1) is 32.6. The molecule has 12 rings (SSSR count). The van der Waals surface area contributed by atoms with E-state index in [2.05, 4.69) is 194 Å². The quantitative estimate of drug-likeness (QED) is 0.164. The number of benzene rings is 10. The second kappa shape index (κ2) is 12.9. The average Bonchev–Trinajstić information content (AvgIpc) is 3.87. The first-order valence-electron chi connectivity index (χ1n) is 19.8. The fraction of sp³-hybridized carbons (Fsp3) is 0. The summed E-state index contributed by atoms with van der Waals surface area (Å²) < 4.78 is 12.7. The number of fused-ring (bicyclic) bond motifs is 8. The molecule has 0 radical (unpaired) electrons. The van der Waals surface area contributed by atoms with Crippen LogP contribution in [-0.2, 0) is 0 Å². The van der Waals surface area contributed by atoms with Crippen LogP contribution in [0, 0.1) is 0 Å². The van der Waals surface area contributed by atoms with Gasteiger partial charge in [0.05, 0.1) is 0 Å². The summed E-state index contributed by atoms with van der Waals surface area (Å²) >= 11 is 0. The van der Waals surface area contributed by atoms with E-state index in [0.29, 0.717) is 0 Å². The molecule has 0 aliphatic heterocycles. The van der Waals surface area contributed by atoms with Crippen molar-refractivity contribution in [2.45, 2.75) is 0 Å². The zero-order chi connectivity index (χ0) is 38.2. The minimum absolute atomic E-state index is 0.895. The predicted molar refractivity (Wildman–Crippen MR) is 243 cm³/mol. The highest BCUT2D eigenvalue weighted by molar-refractivity contribution is 6.21. The molecular formula is C56H34O2. The van der Waals surface area contributed by atoms with Gasteiger partial charge >= 0.3 is 0 Å². The summed E-state index contributed by atoms with van der Waals surface area (Å²) in [5.41, 5.74) is 15.4. The molecule has 12 aromatic rings. The van der Waals surface area contributed by atoms with E-state index in [-0.39, 0.29) is 0 Å². The highest BCUT2D eigenvalue weighted by Gasteiger charge is 2.21. The van der Waals surface area contributed by atoms with Crippen LogP contribution in [0.1, 0.15) is 0 Å². The maximum Gasteiger partial charge on any atom is 0.136 e. The van der Waals surface area contributed by atoms with Crippen molar-refractivity contribution >= 4 is 65.4 Å². The fourth-order valence-corrected chi connectivity index (χ4v) is 9.46. The second-order valence-electron chi connectivity index (χ2n) is 15.1. The number of rotatable bonds is 5. The summed E-state index contributed by atoms with van der Waals surface area (Å²) in [7, 11) is 0. The molecule has 0 fully saturated rings. The minimum atomic E-state index is 0.895. The molecule has 0 saturated carbocycles. The van der Waals surface area contributed by atoms with Gasteiger partial charge in [0.15, 0.2) is 0 Å². The van der Waals surface area contributed by atoms with Crippen molar-refractivity contribution in [3.63, 3.8) is 0 Å². The molecule has 58 heavy (non-hydrogen) atoms. The Bertz CT molecular complexity index is 3350. The lowest BCUT2D eigenvalue weighted by molar-refractivity contribution is 0.668. The molecular weight excluding hydrogens is 705 g/mol. The lowest BCUT2D eigenvalue weighted by atomic mass is 9.83. The summed E-state index contributed by atoms with van der Waals surface area (Å²) in [6.07, 6.45) is 0. The van der Waals surface area contributed by atoms with Gasteiger partial charge < -0.3 is 8.83 Å². The van der Waals surface area contributed by atoms with Gasteiger partial charge in [0.2, 0.25) is 0 Å². The van der Waals surface area contributed by atoms with Crippen LogP contribution >= 0.6 is 0 Å². The molecule has 2 heteroatoms. The summed E-state index contributed by atoms with van der Waals surface area (Å²) in [6.45, 7) is 0. The standard InChI is InChI=1S/C56H34O2/c1-2-16-35(17-3-1)54-44-26-12-24-40(36-18-4-6-20-38(36)42-28-14-32-52-55(42)46-22-8-10-30-50(46)57-52)48(44)34-49-41(25-13-27-45(49)54)37-19-5-7-21-39(37)43-29-15-33-53-56(43)47-23-9-11-31-51(47)58-53/h1-34H. The molecule has 2 nitrogen and oxygen atoms in total. The number of furan rings is 2. The van der Waals surface area contributed by atoms with Crippen molar-refractivity contribution in [2.24, 2.45) is 0 Å². The molecule has 0 N–H and O–H groups in total. The van der Waals surface area contributed by atoms with Crippen LogP contribution in [0.3, 0.4) is 0 Å². The van der Waals surface area contributed by atoms with E-state index in [1.165, 1.54) is 66.1 Å². The largest absolute Gasteiger partial charge is 0.456 e. The van der Waals surface area contributed by atoms with Crippen LogP contribution in [0.2, 0.25) is 0 Å². The minimum Gasteiger partial charge on any atom is -0.456 e. The van der Waals surface area contributed by atoms with Gasteiger partial charge in [-0.2, -0.15) is 0 Å². The van der Waals surface area contributed by atoms with Crippen molar-refractivity contribution in [3.05, 3.63) is 206 Å². The third kappa shape index (κ3) is 4.92. The Balaban J connectivity index is 1.16. The first-order valence-corrected chi connectivity index (χ1v) is 19.8. The molecule has 270 valence electrons. The lowest BCUT2D eigenvalue weighted by Crippen LogP contribution is -1.93. The molecule has 0 spiro atoms. The van der Waals surface area contributed by atoms with E-state index < -0.39 is 0 Å². The molecule has 0 bridgehead atoms. The van der Waals surface area contributed by atoms with Gasteiger partial charge in [-0.15, -0.1) is 0 Å². The normalized spacial score (nSPS) is 11.8. The Hall–Kier alpha value is -7.68. The smallest absolute Gasteiger partial charge is 0.136 e. The van der Waals surface area contributed by atoms with Crippen LogP contribution in [-0.4, -0.2) is 0 Å². The van der Waals surface area contributed by atoms with Crippen LogP contribution in [0.15, 0.2) is 215 Å². The predicted octanol–water partition coefficient (Wildman–Crippen LogP) is 16.1. The summed E-state index contributed by atoms with van der Waals surface area (Å²) in [6, 6.07) is 74.1. The molecule has 0 amide bonds. The molecule has 2 aromatic heterocycles. The van der Waals surface area contributed by atoms with Gasteiger partial charge in [-0.1, -0.05) is 176 Å². The number of para-hydroxylation sites is 2. The van der Waals surface area contributed by atoms with E-state index >= 15 is 0 Å². The fourth-order valence-electron chi connectivity index (χ4n) is 9.46. The Morgan fingerprint density at radius 3 is 1.07 bits per heavy atom. The molecule has 0 atom stereocenters. The lowest BCUT2D eigenvalue weighted by Gasteiger charge is -2.19. The monoisotopic (exact) mass is 738 g/mol. The van der Waals surface area contributed by atoms with Gasteiger partial charge in [0.25, 0.3) is 0 Å². The second-order valence-corrected chi connectivity index (χ2v) is 15.1. The van der Waals surface area contributed by atoms with Crippen LogP contribution < -0.4 is 0 Å². The molecule has 0 aliphatic rings. The SMILES string of the molecule is c1ccc(-c2c3cccc(-c4ccccc4-c4cccc5oc6ccccc6c45)c3cc3c(-c4ccccc4-c4cccc5oc6ccccc6c45)cccc23)cc1. The van der Waals surface area contributed by atoms with Crippen LogP contribution in [0.5, 0.6) is 0 Å². The summed E-state index contributed by atoms with van der Waals surface area (Å²) in [4.78, 5) is 0. The summed E-state index contributed by atoms with van der Waals surface area (Å²) in [5.74, 6) is 0. The maximum absolute atomic E-state index is 6.37. The van der Waals surface area contributed by atoms with Crippen LogP contribution in [0.4, 0.5) is 0 Å². The van der Waals surface area contributed by atoms with Gasteiger partial charge in [-0.25, -0.2) is 0 Å². The highest BCUT2D eigenvalue weighted by Crippen LogP contribution is 2.48. The van der Waals surface area contributed by atoms with Gasteiger partial charge in [-0.05, 0) is 108 Å². The maximum atomic E-state index is 6.37. The van der Waals surface area contributed by atoms with Crippen molar-refractivity contribution in [3.8, 4) is 55.6 Å². The zero-order valence-electron chi connectivity index (χ0n) is 31.4. The van der Waals surface area contributed by atoms with E-state index in [1.54, 1.807) is 0 Å². The Labute approximate surface area is 334 Å².